The highest BCUT2D eigenvalue weighted by molar-refractivity contribution is 5.48. The highest BCUT2D eigenvalue weighted by Gasteiger charge is 2.28. The highest BCUT2D eigenvalue weighted by atomic mass is 16.6. The largest absolute Gasteiger partial charge is 0.483 e. The molecule has 0 bridgehead atoms. The Morgan fingerprint density at radius 1 is 1.64 bits per heavy atom. The van der Waals surface area contributed by atoms with Gasteiger partial charge in [0, 0.05) is 12.3 Å². The molecule has 74 valence electrons. The Bertz CT molecular complexity index is 374. The Morgan fingerprint density at radius 2 is 2.36 bits per heavy atom. The predicted octanol–water partition coefficient (Wildman–Crippen LogP) is 1.84. The first-order valence-electron chi connectivity index (χ1n) is 4.45. The lowest BCUT2D eigenvalue weighted by molar-refractivity contribution is -0.386. The summed E-state index contributed by atoms with van der Waals surface area (Å²) in [5.74, 6) is 0.338. The van der Waals surface area contributed by atoms with Crippen LogP contribution in [0.5, 0.6) is 5.75 Å². The smallest absolute Gasteiger partial charge is 0.331 e. The average Bonchev–Trinajstić information content (AvgIpc) is 2.87. The molecule has 5 nitrogen and oxygen atoms in total. The minimum absolute atomic E-state index is 0.0144. The first-order chi connectivity index (χ1) is 6.68. The predicted molar refractivity (Wildman–Crippen MR) is 49.3 cm³/mol. The number of ether oxygens (including phenoxy) is 1. The first kappa shape index (κ1) is 8.93. The van der Waals surface area contributed by atoms with Crippen LogP contribution < -0.4 is 4.74 Å². The molecule has 0 spiro atoms. The van der Waals surface area contributed by atoms with Crippen molar-refractivity contribution in [2.75, 3.05) is 0 Å². The average molecular weight is 194 g/mol. The van der Waals surface area contributed by atoms with Gasteiger partial charge in [0.05, 0.1) is 11.0 Å². The van der Waals surface area contributed by atoms with Gasteiger partial charge in [-0.15, -0.1) is 0 Å². The van der Waals surface area contributed by atoms with E-state index in [9.17, 15) is 10.1 Å². The van der Waals surface area contributed by atoms with E-state index in [0.717, 1.165) is 12.8 Å². The van der Waals surface area contributed by atoms with E-state index in [1.54, 1.807) is 13.0 Å². The second kappa shape index (κ2) is 3.25. The van der Waals surface area contributed by atoms with Crippen LogP contribution in [0.3, 0.4) is 0 Å². The lowest BCUT2D eigenvalue weighted by Gasteiger charge is -2.05. The molecule has 1 saturated carbocycles. The summed E-state index contributed by atoms with van der Waals surface area (Å²) in [5.41, 5.74) is 0.382. The van der Waals surface area contributed by atoms with Gasteiger partial charge in [-0.25, -0.2) is 0 Å². The van der Waals surface area contributed by atoms with E-state index in [-0.39, 0.29) is 11.8 Å². The van der Waals surface area contributed by atoms with Crippen molar-refractivity contribution in [2.45, 2.75) is 25.9 Å². The van der Waals surface area contributed by atoms with Crippen LogP contribution in [-0.2, 0) is 0 Å². The summed E-state index contributed by atoms with van der Waals surface area (Å²) in [6.07, 6.45) is 3.66. The topological polar surface area (TPSA) is 65.3 Å². The van der Waals surface area contributed by atoms with Crippen LogP contribution in [0.25, 0.3) is 0 Å². The van der Waals surface area contributed by atoms with Gasteiger partial charge in [0.1, 0.15) is 5.69 Å². The fourth-order valence-corrected chi connectivity index (χ4v) is 1.22. The van der Waals surface area contributed by atoms with Crippen molar-refractivity contribution in [1.82, 2.24) is 4.98 Å². The van der Waals surface area contributed by atoms with Gasteiger partial charge >= 0.3 is 5.69 Å². The maximum atomic E-state index is 10.7. The van der Waals surface area contributed by atoms with E-state index in [4.69, 9.17) is 4.74 Å². The van der Waals surface area contributed by atoms with Gasteiger partial charge in [-0.1, -0.05) is 0 Å². The van der Waals surface area contributed by atoms with Gasteiger partial charge in [-0.2, -0.15) is 0 Å². The Hall–Kier alpha value is -1.65. The van der Waals surface area contributed by atoms with E-state index in [2.05, 4.69) is 4.98 Å². The molecule has 1 fully saturated rings. The lowest BCUT2D eigenvalue weighted by Crippen LogP contribution is -2.02. The van der Waals surface area contributed by atoms with Crippen LogP contribution in [0.1, 0.15) is 18.5 Å². The lowest BCUT2D eigenvalue weighted by atomic mass is 10.3. The molecule has 1 aromatic heterocycles. The molecule has 0 aliphatic heterocycles. The molecule has 0 aromatic carbocycles. The van der Waals surface area contributed by atoms with Crippen molar-refractivity contribution in [2.24, 2.45) is 0 Å². The Balaban J connectivity index is 2.35. The van der Waals surface area contributed by atoms with Crippen LogP contribution in [0.15, 0.2) is 12.3 Å². The molecule has 1 aliphatic carbocycles. The molecule has 0 amide bonds. The van der Waals surface area contributed by atoms with Gasteiger partial charge in [0.2, 0.25) is 5.75 Å². The molecule has 0 saturated heterocycles. The van der Waals surface area contributed by atoms with Crippen molar-refractivity contribution in [3.63, 3.8) is 0 Å². The number of nitrogens with zero attached hydrogens (tertiary/aromatic N) is 2. The molecule has 2 rings (SSSR count). The number of rotatable bonds is 3. The standard InChI is InChI=1S/C9H10N2O3/c1-6-9(11(12)13)8(4-5-10-6)14-7-2-3-7/h4-5,7H,2-3H2,1H3. The van der Waals surface area contributed by atoms with Gasteiger partial charge in [-0.3, -0.25) is 15.1 Å². The molecule has 5 heteroatoms. The highest BCUT2D eigenvalue weighted by Crippen LogP contribution is 2.34. The molecule has 0 atom stereocenters. The number of aromatic nitrogens is 1. The summed E-state index contributed by atoms with van der Waals surface area (Å²) in [4.78, 5) is 14.2. The van der Waals surface area contributed by atoms with Crippen molar-refractivity contribution in [1.29, 1.82) is 0 Å². The monoisotopic (exact) mass is 194 g/mol. The Kier molecular flexibility index (Phi) is 2.07. The zero-order chi connectivity index (χ0) is 10.1. The van der Waals surface area contributed by atoms with Crippen molar-refractivity contribution in [3.8, 4) is 5.75 Å². The first-order valence-corrected chi connectivity index (χ1v) is 4.45. The van der Waals surface area contributed by atoms with E-state index in [1.807, 2.05) is 0 Å². The summed E-state index contributed by atoms with van der Waals surface area (Å²) >= 11 is 0. The summed E-state index contributed by atoms with van der Waals surface area (Å²) in [7, 11) is 0. The number of nitro groups is 1. The fourth-order valence-electron chi connectivity index (χ4n) is 1.22. The van der Waals surface area contributed by atoms with Crippen molar-refractivity contribution >= 4 is 5.69 Å². The summed E-state index contributed by atoms with van der Waals surface area (Å²) < 4.78 is 5.42. The van der Waals surface area contributed by atoms with Crippen LogP contribution in [-0.4, -0.2) is 16.0 Å². The molecule has 1 aliphatic rings. The Morgan fingerprint density at radius 3 is 2.93 bits per heavy atom. The third-order valence-electron chi connectivity index (χ3n) is 2.07. The molecule has 1 heterocycles. The van der Waals surface area contributed by atoms with E-state index >= 15 is 0 Å². The third-order valence-corrected chi connectivity index (χ3v) is 2.07. The van der Waals surface area contributed by atoms with Crippen LogP contribution in [0, 0.1) is 17.0 Å². The molecular formula is C9H10N2O3. The summed E-state index contributed by atoms with van der Waals surface area (Å²) in [5, 5.41) is 10.7. The van der Waals surface area contributed by atoms with Crippen LogP contribution in [0.2, 0.25) is 0 Å². The van der Waals surface area contributed by atoms with Gasteiger partial charge in [0.25, 0.3) is 0 Å². The van der Waals surface area contributed by atoms with Crippen LogP contribution >= 0.6 is 0 Å². The Labute approximate surface area is 80.9 Å². The number of hydrogen-bond donors (Lipinski definition) is 0. The van der Waals surface area contributed by atoms with E-state index in [0.29, 0.717) is 11.4 Å². The molecule has 0 radical (unpaired) electrons. The van der Waals surface area contributed by atoms with Gasteiger partial charge < -0.3 is 4.74 Å². The molecule has 14 heavy (non-hydrogen) atoms. The maximum absolute atomic E-state index is 10.7. The summed E-state index contributed by atoms with van der Waals surface area (Å²) in [6.45, 7) is 1.61. The van der Waals surface area contributed by atoms with E-state index in [1.165, 1.54) is 6.20 Å². The van der Waals surface area contributed by atoms with Gasteiger partial charge in [-0.05, 0) is 19.8 Å². The van der Waals surface area contributed by atoms with Crippen molar-refractivity contribution in [3.05, 3.63) is 28.1 Å². The van der Waals surface area contributed by atoms with Gasteiger partial charge in [0.15, 0.2) is 0 Å². The second-order valence-electron chi connectivity index (χ2n) is 3.32. The van der Waals surface area contributed by atoms with Crippen LogP contribution in [0.4, 0.5) is 5.69 Å². The number of aryl methyl sites for hydroxylation is 1. The van der Waals surface area contributed by atoms with Crippen molar-refractivity contribution < 1.29 is 9.66 Å². The molecular weight excluding hydrogens is 184 g/mol. The molecule has 1 aromatic rings. The summed E-state index contributed by atoms with van der Waals surface area (Å²) in [6, 6.07) is 1.55. The quantitative estimate of drug-likeness (QED) is 0.544. The SMILES string of the molecule is Cc1nccc(OC2CC2)c1[N+](=O)[O-]. The third kappa shape index (κ3) is 1.66. The molecule has 0 N–H and O–H groups in total. The molecule has 0 unspecified atom stereocenters. The fraction of sp³-hybridized carbons (Fsp3) is 0.444. The zero-order valence-electron chi connectivity index (χ0n) is 7.77. The second-order valence-corrected chi connectivity index (χ2v) is 3.32. The maximum Gasteiger partial charge on any atom is 0.331 e. The minimum atomic E-state index is -0.444. The van der Waals surface area contributed by atoms with E-state index < -0.39 is 4.92 Å². The zero-order valence-corrected chi connectivity index (χ0v) is 7.77. The minimum Gasteiger partial charge on any atom is -0.483 e. The number of pyridine rings is 1. The normalized spacial score (nSPS) is 15.2. The number of hydrogen-bond acceptors (Lipinski definition) is 4.